The summed E-state index contributed by atoms with van der Waals surface area (Å²) >= 11 is 1.72. The van der Waals surface area contributed by atoms with Crippen molar-refractivity contribution in [3.8, 4) is 0 Å². The van der Waals surface area contributed by atoms with Gasteiger partial charge in [-0.25, -0.2) is 0 Å². The van der Waals surface area contributed by atoms with E-state index in [0.29, 0.717) is 0 Å². The summed E-state index contributed by atoms with van der Waals surface area (Å²) in [4.78, 5) is 0. The number of thioether (sulfide) groups is 1. The number of rotatable bonds is 4. The summed E-state index contributed by atoms with van der Waals surface area (Å²) < 4.78 is 2.05. The Morgan fingerprint density at radius 1 is 1.27 bits per heavy atom. The highest BCUT2D eigenvalue weighted by Gasteiger charge is 2.02. The first-order valence-corrected chi connectivity index (χ1v) is 5.93. The number of hydrogen-bond donors (Lipinski definition) is 0. The standard InChI is InChI=1S/C11H13N3S/c1-2-14-9-12-13-11(14)15-8-10-6-4-3-5-7-10/h3-7,9H,2,8H2,1H3. The average Bonchev–Trinajstić information content (AvgIpc) is 2.75. The van der Waals surface area contributed by atoms with Crippen LogP contribution >= 0.6 is 11.8 Å². The fraction of sp³-hybridized carbons (Fsp3) is 0.273. The van der Waals surface area contributed by atoms with Crippen molar-refractivity contribution < 1.29 is 0 Å². The van der Waals surface area contributed by atoms with Gasteiger partial charge in [-0.1, -0.05) is 42.1 Å². The topological polar surface area (TPSA) is 30.7 Å². The van der Waals surface area contributed by atoms with E-state index >= 15 is 0 Å². The van der Waals surface area contributed by atoms with Crippen molar-refractivity contribution in [3.05, 3.63) is 42.2 Å². The zero-order valence-electron chi connectivity index (χ0n) is 8.63. The minimum Gasteiger partial charge on any atom is -0.309 e. The lowest BCUT2D eigenvalue weighted by atomic mass is 10.2. The summed E-state index contributed by atoms with van der Waals surface area (Å²) in [5, 5.41) is 8.96. The van der Waals surface area contributed by atoms with Crippen LogP contribution in [-0.4, -0.2) is 14.8 Å². The molecule has 0 aliphatic rings. The molecule has 3 nitrogen and oxygen atoms in total. The Morgan fingerprint density at radius 3 is 2.80 bits per heavy atom. The van der Waals surface area contributed by atoms with E-state index in [0.717, 1.165) is 17.5 Å². The molecule has 1 heterocycles. The molecule has 0 saturated heterocycles. The molecule has 0 spiro atoms. The minimum atomic E-state index is 0.921. The molecule has 0 aliphatic carbocycles. The number of aromatic nitrogens is 3. The lowest BCUT2D eigenvalue weighted by molar-refractivity contribution is 0.681. The largest absolute Gasteiger partial charge is 0.309 e. The van der Waals surface area contributed by atoms with E-state index in [2.05, 4.69) is 41.4 Å². The summed E-state index contributed by atoms with van der Waals surface area (Å²) in [6, 6.07) is 10.4. The molecule has 78 valence electrons. The maximum atomic E-state index is 4.08. The fourth-order valence-corrected chi connectivity index (χ4v) is 2.23. The van der Waals surface area contributed by atoms with Crippen LogP contribution in [0, 0.1) is 0 Å². The van der Waals surface area contributed by atoms with Gasteiger partial charge in [-0.2, -0.15) is 0 Å². The van der Waals surface area contributed by atoms with Crippen molar-refractivity contribution in [1.82, 2.24) is 14.8 Å². The molecule has 4 heteroatoms. The predicted octanol–water partition coefficient (Wildman–Crippen LogP) is 2.59. The van der Waals surface area contributed by atoms with Crippen LogP contribution in [0.5, 0.6) is 0 Å². The first-order valence-electron chi connectivity index (χ1n) is 4.94. The van der Waals surface area contributed by atoms with Gasteiger partial charge in [0.2, 0.25) is 0 Å². The second-order valence-electron chi connectivity index (χ2n) is 3.17. The highest BCUT2D eigenvalue weighted by Crippen LogP contribution is 2.19. The third-order valence-electron chi connectivity index (χ3n) is 2.13. The van der Waals surface area contributed by atoms with Crippen LogP contribution in [0.2, 0.25) is 0 Å². The van der Waals surface area contributed by atoms with Crippen molar-refractivity contribution >= 4 is 11.8 Å². The Balaban J connectivity index is 1.99. The van der Waals surface area contributed by atoms with Crippen LogP contribution in [-0.2, 0) is 12.3 Å². The van der Waals surface area contributed by atoms with Crippen molar-refractivity contribution in [2.45, 2.75) is 24.4 Å². The van der Waals surface area contributed by atoms with Crippen LogP contribution in [0.15, 0.2) is 41.8 Å². The first-order chi connectivity index (χ1) is 7.40. The Hall–Kier alpha value is -1.29. The summed E-state index contributed by atoms with van der Waals surface area (Å²) in [5.74, 6) is 0.944. The zero-order valence-corrected chi connectivity index (χ0v) is 9.44. The minimum absolute atomic E-state index is 0.921. The van der Waals surface area contributed by atoms with Crippen LogP contribution < -0.4 is 0 Å². The number of aryl methyl sites for hydroxylation is 1. The van der Waals surface area contributed by atoms with E-state index in [1.165, 1.54) is 5.56 Å². The Labute approximate surface area is 93.5 Å². The number of hydrogen-bond acceptors (Lipinski definition) is 3. The van der Waals surface area contributed by atoms with Crippen molar-refractivity contribution in [2.24, 2.45) is 0 Å². The lowest BCUT2D eigenvalue weighted by Crippen LogP contribution is -1.94. The molecule has 0 fully saturated rings. The molecule has 2 rings (SSSR count). The van der Waals surface area contributed by atoms with Gasteiger partial charge in [0.05, 0.1) is 0 Å². The number of nitrogens with zero attached hydrogens (tertiary/aromatic N) is 3. The maximum Gasteiger partial charge on any atom is 0.191 e. The van der Waals surface area contributed by atoms with Gasteiger partial charge in [0.1, 0.15) is 6.33 Å². The van der Waals surface area contributed by atoms with Crippen molar-refractivity contribution in [1.29, 1.82) is 0 Å². The van der Waals surface area contributed by atoms with Crippen LogP contribution in [0.4, 0.5) is 0 Å². The molecule has 0 amide bonds. The molecule has 0 saturated carbocycles. The van der Waals surface area contributed by atoms with Gasteiger partial charge in [0, 0.05) is 12.3 Å². The van der Waals surface area contributed by atoms with E-state index in [9.17, 15) is 0 Å². The Kier molecular flexibility index (Phi) is 3.40. The molecular formula is C11H13N3S. The SMILES string of the molecule is CCn1cnnc1SCc1ccccc1. The van der Waals surface area contributed by atoms with Gasteiger partial charge in [0.25, 0.3) is 0 Å². The third kappa shape index (κ3) is 2.59. The second kappa shape index (κ2) is 4.98. The van der Waals surface area contributed by atoms with Crippen molar-refractivity contribution in [2.75, 3.05) is 0 Å². The van der Waals surface area contributed by atoms with Crippen molar-refractivity contribution in [3.63, 3.8) is 0 Å². The fourth-order valence-electron chi connectivity index (χ4n) is 1.30. The zero-order chi connectivity index (χ0) is 10.5. The number of benzene rings is 1. The van der Waals surface area contributed by atoms with E-state index in [1.807, 2.05) is 10.6 Å². The molecule has 0 N–H and O–H groups in total. The maximum absolute atomic E-state index is 4.08. The molecule has 0 unspecified atom stereocenters. The van der Waals surface area contributed by atoms with Gasteiger partial charge in [-0.15, -0.1) is 10.2 Å². The molecule has 0 radical (unpaired) electrons. The first kappa shape index (κ1) is 10.2. The lowest BCUT2D eigenvalue weighted by Gasteiger charge is -2.02. The van der Waals surface area contributed by atoms with Crippen LogP contribution in [0.1, 0.15) is 12.5 Å². The van der Waals surface area contributed by atoms with E-state index in [1.54, 1.807) is 18.1 Å². The molecular weight excluding hydrogens is 206 g/mol. The summed E-state index contributed by atoms with van der Waals surface area (Å²) in [6.07, 6.45) is 1.77. The van der Waals surface area contributed by atoms with Crippen LogP contribution in [0.25, 0.3) is 0 Å². The smallest absolute Gasteiger partial charge is 0.191 e. The second-order valence-corrected chi connectivity index (χ2v) is 4.12. The molecule has 0 aliphatic heterocycles. The monoisotopic (exact) mass is 219 g/mol. The highest BCUT2D eigenvalue weighted by molar-refractivity contribution is 7.98. The molecule has 2 aromatic rings. The van der Waals surface area contributed by atoms with Gasteiger partial charge in [0.15, 0.2) is 5.16 Å². The van der Waals surface area contributed by atoms with E-state index < -0.39 is 0 Å². The summed E-state index contributed by atoms with van der Waals surface area (Å²) in [6.45, 7) is 3.01. The van der Waals surface area contributed by atoms with E-state index in [-0.39, 0.29) is 0 Å². The van der Waals surface area contributed by atoms with Gasteiger partial charge >= 0.3 is 0 Å². The summed E-state index contributed by atoms with van der Waals surface area (Å²) in [7, 11) is 0. The van der Waals surface area contributed by atoms with Gasteiger partial charge in [-0.05, 0) is 12.5 Å². The van der Waals surface area contributed by atoms with Crippen LogP contribution in [0.3, 0.4) is 0 Å². The predicted molar refractivity (Wildman–Crippen MR) is 61.7 cm³/mol. The Morgan fingerprint density at radius 2 is 2.07 bits per heavy atom. The molecule has 0 atom stereocenters. The third-order valence-corrected chi connectivity index (χ3v) is 3.18. The van der Waals surface area contributed by atoms with E-state index in [4.69, 9.17) is 0 Å². The normalized spacial score (nSPS) is 10.5. The molecule has 1 aromatic carbocycles. The quantitative estimate of drug-likeness (QED) is 0.740. The Bertz CT molecular complexity index is 411. The summed E-state index contributed by atoms with van der Waals surface area (Å²) in [5.41, 5.74) is 1.31. The van der Waals surface area contributed by atoms with Gasteiger partial charge in [-0.3, -0.25) is 0 Å². The molecule has 1 aromatic heterocycles. The average molecular weight is 219 g/mol. The highest BCUT2D eigenvalue weighted by atomic mass is 32.2. The molecule has 0 bridgehead atoms. The molecule has 15 heavy (non-hydrogen) atoms. The van der Waals surface area contributed by atoms with Gasteiger partial charge < -0.3 is 4.57 Å².